The second kappa shape index (κ2) is 6.28. The van der Waals surface area contributed by atoms with Gasteiger partial charge in [-0.15, -0.1) is 0 Å². The highest BCUT2D eigenvalue weighted by molar-refractivity contribution is 5.80. The molecule has 0 spiro atoms. The normalized spacial score (nSPS) is 12.5. The van der Waals surface area contributed by atoms with Crippen molar-refractivity contribution in [3.05, 3.63) is 35.9 Å². The number of amides is 1. The summed E-state index contributed by atoms with van der Waals surface area (Å²) in [6.45, 7) is 4.20. The van der Waals surface area contributed by atoms with Gasteiger partial charge >= 0.3 is 0 Å². The van der Waals surface area contributed by atoms with E-state index < -0.39 is 6.10 Å². The number of hydrogen-bond donors (Lipinski definition) is 2. The summed E-state index contributed by atoms with van der Waals surface area (Å²) in [5.74, 6) is -0.331. The molecule has 16 heavy (non-hydrogen) atoms. The van der Waals surface area contributed by atoms with E-state index >= 15 is 0 Å². The standard InChI is InChI=1S/C13H19NO2/c1-10(2)12(15)13(16)14-9-8-11-6-4-3-5-7-11/h3-7,10,12,15H,8-9H2,1-2H3,(H,14,16)/t12-/m0/s1. The molecule has 3 nitrogen and oxygen atoms in total. The highest BCUT2D eigenvalue weighted by Crippen LogP contribution is 2.01. The number of rotatable bonds is 5. The fraction of sp³-hybridized carbons (Fsp3) is 0.462. The third-order valence-corrected chi connectivity index (χ3v) is 2.46. The molecule has 0 aliphatic carbocycles. The van der Waals surface area contributed by atoms with Gasteiger partial charge in [-0.3, -0.25) is 4.79 Å². The van der Waals surface area contributed by atoms with E-state index in [2.05, 4.69) is 5.32 Å². The summed E-state index contributed by atoms with van der Waals surface area (Å²) < 4.78 is 0. The molecule has 0 aliphatic heterocycles. The smallest absolute Gasteiger partial charge is 0.249 e. The molecular formula is C13H19NO2. The highest BCUT2D eigenvalue weighted by Gasteiger charge is 2.17. The van der Waals surface area contributed by atoms with E-state index in [0.717, 1.165) is 6.42 Å². The van der Waals surface area contributed by atoms with Crippen LogP contribution in [-0.4, -0.2) is 23.7 Å². The highest BCUT2D eigenvalue weighted by atomic mass is 16.3. The molecule has 1 aromatic rings. The van der Waals surface area contributed by atoms with E-state index in [1.54, 1.807) is 0 Å². The van der Waals surface area contributed by atoms with Crippen molar-refractivity contribution in [1.29, 1.82) is 0 Å². The number of carbonyl (C=O) groups excluding carboxylic acids is 1. The minimum atomic E-state index is -0.907. The summed E-state index contributed by atoms with van der Waals surface area (Å²) in [5, 5.41) is 12.2. The summed E-state index contributed by atoms with van der Waals surface area (Å²) in [6.07, 6.45) is -0.118. The van der Waals surface area contributed by atoms with Gasteiger partial charge in [-0.05, 0) is 17.9 Å². The molecule has 2 N–H and O–H groups in total. The zero-order valence-electron chi connectivity index (χ0n) is 9.81. The lowest BCUT2D eigenvalue weighted by Crippen LogP contribution is -2.38. The van der Waals surface area contributed by atoms with Crippen LogP contribution in [0.2, 0.25) is 0 Å². The van der Waals surface area contributed by atoms with Crippen molar-refractivity contribution in [2.45, 2.75) is 26.4 Å². The molecule has 88 valence electrons. The first-order chi connectivity index (χ1) is 7.61. The maximum absolute atomic E-state index is 11.4. The zero-order valence-corrected chi connectivity index (χ0v) is 9.81. The first-order valence-corrected chi connectivity index (χ1v) is 5.61. The molecule has 3 heteroatoms. The van der Waals surface area contributed by atoms with E-state index in [9.17, 15) is 9.90 Å². The molecule has 0 aliphatic rings. The lowest BCUT2D eigenvalue weighted by Gasteiger charge is -2.14. The van der Waals surface area contributed by atoms with Gasteiger partial charge in [-0.25, -0.2) is 0 Å². The van der Waals surface area contributed by atoms with Crippen LogP contribution in [0.25, 0.3) is 0 Å². The summed E-state index contributed by atoms with van der Waals surface area (Å²) in [5.41, 5.74) is 1.18. The summed E-state index contributed by atoms with van der Waals surface area (Å²) >= 11 is 0. The summed E-state index contributed by atoms with van der Waals surface area (Å²) in [6, 6.07) is 9.95. The molecule has 0 bridgehead atoms. The molecule has 0 radical (unpaired) electrons. The van der Waals surface area contributed by atoms with Crippen LogP contribution in [0.1, 0.15) is 19.4 Å². The van der Waals surface area contributed by atoms with Gasteiger partial charge in [0.2, 0.25) is 5.91 Å². The summed E-state index contributed by atoms with van der Waals surface area (Å²) in [4.78, 5) is 11.4. The Morgan fingerprint density at radius 2 is 1.94 bits per heavy atom. The molecule has 0 saturated heterocycles. The van der Waals surface area contributed by atoms with Gasteiger partial charge in [-0.1, -0.05) is 44.2 Å². The van der Waals surface area contributed by atoms with Crippen molar-refractivity contribution in [1.82, 2.24) is 5.32 Å². The average molecular weight is 221 g/mol. The Kier molecular flexibility index (Phi) is 4.99. The second-order valence-electron chi connectivity index (χ2n) is 4.22. The molecule has 0 aromatic heterocycles. The van der Waals surface area contributed by atoms with Gasteiger partial charge < -0.3 is 10.4 Å². The van der Waals surface area contributed by atoms with Gasteiger partial charge in [0.15, 0.2) is 0 Å². The zero-order chi connectivity index (χ0) is 12.0. The molecule has 0 heterocycles. The van der Waals surface area contributed by atoms with Crippen molar-refractivity contribution in [3.8, 4) is 0 Å². The van der Waals surface area contributed by atoms with E-state index in [1.165, 1.54) is 5.56 Å². The van der Waals surface area contributed by atoms with Crippen LogP contribution >= 0.6 is 0 Å². The topological polar surface area (TPSA) is 49.3 Å². The van der Waals surface area contributed by atoms with E-state index in [4.69, 9.17) is 0 Å². The maximum Gasteiger partial charge on any atom is 0.249 e. The Hall–Kier alpha value is -1.35. The van der Waals surface area contributed by atoms with Gasteiger partial charge in [0.05, 0.1) is 0 Å². The molecule has 1 rings (SSSR count). The van der Waals surface area contributed by atoms with E-state index in [1.807, 2.05) is 44.2 Å². The Morgan fingerprint density at radius 1 is 1.31 bits per heavy atom. The quantitative estimate of drug-likeness (QED) is 0.788. The number of hydrogen-bond acceptors (Lipinski definition) is 2. The molecule has 1 amide bonds. The third-order valence-electron chi connectivity index (χ3n) is 2.46. The van der Waals surface area contributed by atoms with Crippen LogP contribution in [0.3, 0.4) is 0 Å². The molecule has 1 aromatic carbocycles. The number of aliphatic hydroxyl groups is 1. The number of benzene rings is 1. The number of carbonyl (C=O) groups is 1. The Morgan fingerprint density at radius 3 is 2.50 bits per heavy atom. The van der Waals surface area contributed by atoms with Crippen LogP contribution in [-0.2, 0) is 11.2 Å². The lowest BCUT2D eigenvalue weighted by molar-refractivity contribution is -0.131. The van der Waals surface area contributed by atoms with Gasteiger partial charge in [0.1, 0.15) is 6.10 Å². The molecule has 0 saturated carbocycles. The first-order valence-electron chi connectivity index (χ1n) is 5.61. The molecular weight excluding hydrogens is 202 g/mol. The van der Waals surface area contributed by atoms with Gasteiger partial charge in [-0.2, -0.15) is 0 Å². The minimum absolute atomic E-state index is 0.0447. The van der Waals surface area contributed by atoms with Crippen molar-refractivity contribution in [2.75, 3.05) is 6.54 Å². The van der Waals surface area contributed by atoms with Gasteiger partial charge in [0.25, 0.3) is 0 Å². The van der Waals surface area contributed by atoms with Gasteiger partial charge in [0, 0.05) is 6.54 Å². The van der Waals surface area contributed by atoms with Crippen LogP contribution in [0.15, 0.2) is 30.3 Å². The van der Waals surface area contributed by atoms with Crippen molar-refractivity contribution < 1.29 is 9.90 Å². The van der Waals surface area contributed by atoms with E-state index in [-0.39, 0.29) is 11.8 Å². The molecule has 0 unspecified atom stereocenters. The van der Waals surface area contributed by atoms with Crippen LogP contribution in [0.4, 0.5) is 0 Å². The fourth-order valence-corrected chi connectivity index (χ4v) is 1.38. The predicted octanol–water partition coefficient (Wildman–Crippen LogP) is 1.36. The lowest BCUT2D eigenvalue weighted by atomic mass is 10.1. The van der Waals surface area contributed by atoms with Crippen molar-refractivity contribution in [2.24, 2.45) is 5.92 Å². The maximum atomic E-state index is 11.4. The van der Waals surface area contributed by atoms with Crippen LogP contribution < -0.4 is 5.32 Å². The molecule has 1 atom stereocenters. The average Bonchev–Trinajstić information content (AvgIpc) is 2.29. The van der Waals surface area contributed by atoms with Crippen LogP contribution in [0.5, 0.6) is 0 Å². The van der Waals surface area contributed by atoms with Crippen molar-refractivity contribution >= 4 is 5.91 Å². The largest absolute Gasteiger partial charge is 0.383 e. The summed E-state index contributed by atoms with van der Waals surface area (Å²) in [7, 11) is 0. The fourth-order valence-electron chi connectivity index (χ4n) is 1.38. The Balaban J connectivity index is 2.28. The first kappa shape index (κ1) is 12.7. The van der Waals surface area contributed by atoms with Crippen LogP contribution in [0, 0.1) is 5.92 Å². The van der Waals surface area contributed by atoms with Crippen molar-refractivity contribution in [3.63, 3.8) is 0 Å². The Labute approximate surface area is 96.5 Å². The third kappa shape index (κ3) is 4.03. The van der Waals surface area contributed by atoms with E-state index in [0.29, 0.717) is 6.54 Å². The number of nitrogens with one attached hydrogen (secondary N) is 1. The SMILES string of the molecule is CC(C)[C@H](O)C(=O)NCCc1ccccc1. The molecule has 0 fully saturated rings. The Bertz CT molecular complexity index is 322. The second-order valence-corrected chi connectivity index (χ2v) is 4.22. The minimum Gasteiger partial charge on any atom is -0.383 e. The monoisotopic (exact) mass is 221 g/mol. The number of aliphatic hydroxyl groups excluding tert-OH is 1. The predicted molar refractivity (Wildman–Crippen MR) is 64.0 cm³/mol.